The molecule has 0 saturated heterocycles. The molecule has 1 aromatic carbocycles. The number of azo groups is 1. The van der Waals surface area contributed by atoms with E-state index in [1.165, 1.54) is 6.21 Å². The average Bonchev–Trinajstić information content (AvgIpc) is 2.63. The van der Waals surface area contributed by atoms with Crippen molar-refractivity contribution in [3.05, 3.63) is 30.3 Å². The van der Waals surface area contributed by atoms with Gasteiger partial charge in [0.1, 0.15) is 0 Å². The first kappa shape index (κ1) is 8.55. The van der Waals surface area contributed by atoms with Crippen LogP contribution in [0.1, 0.15) is 0 Å². The van der Waals surface area contributed by atoms with Crippen LogP contribution in [0.4, 0.5) is 5.69 Å². The van der Waals surface area contributed by atoms with Crippen LogP contribution >= 0.6 is 0 Å². The smallest absolute Gasteiger partial charge is 0.223 e. The van der Waals surface area contributed by atoms with E-state index in [1.54, 1.807) is 0 Å². The monoisotopic (exact) mass is 188 g/mol. The molecule has 1 aliphatic rings. The van der Waals surface area contributed by atoms with Crippen molar-refractivity contribution in [2.24, 2.45) is 15.3 Å². The van der Waals surface area contributed by atoms with Gasteiger partial charge in [0, 0.05) is 0 Å². The Labute approximate surface area is 80.5 Å². The molecule has 1 aromatic rings. The van der Waals surface area contributed by atoms with Gasteiger partial charge in [0.05, 0.1) is 11.9 Å². The lowest BCUT2D eigenvalue weighted by Gasteiger charge is -1.98. The maximum Gasteiger partial charge on any atom is 0.223 e. The first-order valence-electron chi connectivity index (χ1n) is 4.14. The van der Waals surface area contributed by atoms with E-state index in [0.29, 0.717) is 5.69 Å². The highest BCUT2D eigenvalue weighted by Crippen LogP contribution is 2.11. The Bertz CT molecular complexity index is 385. The molecule has 14 heavy (non-hydrogen) atoms. The van der Waals surface area contributed by atoms with Crippen molar-refractivity contribution in [2.75, 3.05) is 0 Å². The van der Waals surface area contributed by atoms with Crippen molar-refractivity contribution < 1.29 is 4.79 Å². The minimum absolute atomic E-state index is 0.176. The number of hydrazone groups is 1. The fourth-order valence-corrected chi connectivity index (χ4v) is 1.01. The van der Waals surface area contributed by atoms with Crippen molar-refractivity contribution in [2.45, 2.75) is 6.17 Å². The largest absolute Gasteiger partial charge is 0.288 e. The Balaban J connectivity index is 2.05. The van der Waals surface area contributed by atoms with Crippen LogP contribution in [0.15, 0.2) is 45.7 Å². The van der Waals surface area contributed by atoms with Crippen LogP contribution in [0.2, 0.25) is 0 Å². The second kappa shape index (κ2) is 3.78. The Morgan fingerprint density at radius 2 is 2.07 bits per heavy atom. The van der Waals surface area contributed by atoms with E-state index in [2.05, 4.69) is 20.8 Å². The number of carbonyl (C=O) groups is 1. The highest BCUT2D eigenvalue weighted by Gasteiger charge is 2.19. The molecule has 70 valence electrons. The summed E-state index contributed by atoms with van der Waals surface area (Å²) >= 11 is 0. The van der Waals surface area contributed by atoms with Gasteiger partial charge in [-0.05, 0) is 12.1 Å². The SMILES string of the molecule is O=C1C=NNC1N=Nc1ccccc1. The summed E-state index contributed by atoms with van der Waals surface area (Å²) in [6.45, 7) is 0. The zero-order valence-electron chi connectivity index (χ0n) is 7.29. The summed E-state index contributed by atoms with van der Waals surface area (Å²) in [6, 6.07) is 9.22. The predicted molar refractivity (Wildman–Crippen MR) is 51.4 cm³/mol. The second-order valence-electron chi connectivity index (χ2n) is 2.74. The van der Waals surface area contributed by atoms with Gasteiger partial charge in [-0.15, -0.1) is 0 Å². The average molecular weight is 188 g/mol. The van der Waals surface area contributed by atoms with Gasteiger partial charge in [0.2, 0.25) is 11.9 Å². The molecule has 0 radical (unpaired) electrons. The zero-order valence-corrected chi connectivity index (χ0v) is 7.29. The van der Waals surface area contributed by atoms with Gasteiger partial charge in [0.15, 0.2) is 0 Å². The fourth-order valence-electron chi connectivity index (χ4n) is 1.01. The maximum atomic E-state index is 11.0. The van der Waals surface area contributed by atoms with Crippen molar-refractivity contribution in [1.29, 1.82) is 0 Å². The van der Waals surface area contributed by atoms with Crippen LogP contribution in [0.5, 0.6) is 0 Å². The first-order chi connectivity index (χ1) is 6.86. The molecule has 0 bridgehead atoms. The highest BCUT2D eigenvalue weighted by atomic mass is 16.1. The van der Waals surface area contributed by atoms with Crippen molar-refractivity contribution >= 4 is 17.7 Å². The number of nitrogens with one attached hydrogen (secondary N) is 1. The Hall–Kier alpha value is -2.04. The van der Waals surface area contributed by atoms with Gasteiger partial charge < -0.3 is 0 Å². The van der Waals surface area contributed by atoms with Gasteiger partial charge in [-0.1, -0.05) is 18.2 Å². The standard InChI is InChI=1S/C9H8N4O/c14-8-6-10-12-9(8)13-11-7-4-2-1-3-5-7/h1-6,9,12H. The third-order valence-corrected chi connectivity index (χ3v) is 1.70. The first-order valence-corrected chi connectivity index (χ1v) is 4.14. The van der Waals surface area contributed by atoms with Crippen LogP contribution in [-0.2, 0) is 4.79 Å². The van der Waals surface area contributed by atoms with Crippen LogP contribution in [0, 0.1) is 0 Å². The number of Topliss-reactive ketones (excluding diaryl/α,β-unsaturated/α-hetero) is 1. The van der Waals surface area contributed by atoms with E-state index in [9.17, 15) is 4.79 Å². The summed E-state index contributed by atoms with van der Waals surface area (Å²) in [4.78, 5) is 11.0. The molecule has 1 atom stereocenters. The van der Waals surface area contributed by atoms with Crippen molar-refractivity contribution in [3.63, 3.8) is 0 Å². The summed E-state index contributed by atoms with van der Waals surface area (Å²) in [5, 5.41) is 11.3. The minimum Gasteiger partial charge on any atom is -0.288 e. The molecule has 1 aliphatic heterocycles. The van der Waals surface area contributed by atoms with Gasteiger partial charge in [0.25, 0.3) is 0 Å². The van der Waals surface area contributed by atoms with Crippen LogP contribution in [-0.4, -0.2) is 18.2 Å². The Kier molecular flexibility index (Phi) is 2.31. The molecule has 0 aromatic heterocycles. The Morgan fingerprint density at radius 3 is 2.71 bits per heavy atom. The third-order valence-electron chi connectivity index (χ3n) is 1.70. The number of benzene rings is 1. The number of nitrogens with zero attached hydrogens (tertiary/aromatic N) is 3. The van der Waals surface area contributed by atoms with E-state index in [-0.39, 0.29) is 5.78 Å². The van der Waals surface area contributed by atoms with E-state index in [0.717, 1.165) is 0 Å². The number of ketones is 1. The molecule has 0 amide bonds. The van der Waals surface area contributed by atoms with Crippen molar-refractivity contribution in [1.82, 2.24) is 5.43 Å². The highest BCUT2D eigenvalue weighted by molar-refractivity contribution is 6.31. The molecular formula is C9H8N4O. The molecule has 2 rings (SSSR count). The normalized spacial score (nSPS) is 20.3. The Morgan fingerprint density at radius 1 is 1.29 bits per heavy atom. The lowest BCUT2D eigenvalue weighted by molar-refractivity contribution is -0.113. The van der Waals surface area contributed by atoms with E-state index in [4.69, 9.17) is 0 Å². The summed E-state index contributed by atoms with van der Waals surface area (Å²) in [7, 11) is 0. The second-order valence-corrected chi connectivity index (χ2v) is 2.74. The molecule has 1 N–H and O–H groups in total. The minimum atomic E-state index is -0.657. The van der Waals surface area contributed by atoms with E-state index >= 15 is 0 Å². The van der Waals surface area contributed by atoms with Crippen LogP contribution in [0.3, 0.4) is 0 Å². The lowest BCUT2D eigenvalue weighted by atomic mass is 10.3. The molecule has 5 nitrogen and oxygen atoms in total. The molecule has 1 heterocycles. The van der Waals surface area contributed by atoms with Gasteiger partial charge >= 0.3 is 0 Å². The predicted octanol–water partition coefficient (Wildman–Crippen LogP) is 1.25. The summed E-state index contributed by atoms with van der Waals surface area (Å²) in [6.07, 6.45) is 0.546. The number of carbonyl (C=O) groups excluding carboxylic acids is 1. The van der Waals surface area contributed by atoms with Crippen LogP contribution < -0.4 is 5.43 Å². The zero-order chi connectivity index (χ0) is 9.80. The molecule has 0 aliphatic carbocycles. The molecule has 1 unspecified atom stereocenters. The summed E-state index contributed by atoms with van der Waals surface area (Å²) in [5.74, 6) is -0.176. The fraction of sp³-hybridized carbons (Fsp3) is 0.111. The third kappa shape index (κ3) is 1.82. The molecule has 5 heteroatoms. The van der Waals surface area contributed by atoms with E-state index in [1.807, 2.05) is 30.3 Å². The summed E-state index contributed by atoms with van der Waals surface area (Å²) < 4.78 is 0. The quantitative estimate of drug-likeness (QED) is 0.710. The van der Waals surface area contributed by atoms with Gasteiger partial charge in [-0.2, -0.15) is 15.3 Å². The van der Waals surface area contributed by atoms with Gasteiger partial charge in [-0.25, -0.2) is 0 Å². The maximum absolute atomic E-state index is 11.0. The number of hydrogen-bond acceptors (Lipinski definition) is 5. The summed E-state index contributed by atoms with van der Waals surface area (Å²) in [5.41, 5.74) is 3.25. The lowest BCUT2D eigenvalue weighted by Crippen LogP contribution is -2.24. The number of rotatable bonds is 2. The van der Waals surface area contributed by atoms with Gasteiger partial charge in [-0.3, -0.25) is 10.2 Å². The van der Waals surface area contributed by atoms with Crippen LogP contribution in [0.25, 0.3) is 0 Å². The molecule has 0 saturated carbocycles. The number of hydrogen-bond donors (Lipinski definition) is 1. The molecule has 0 fully saturated rings. The topological polar surface area (TPSA) is 66.2 Å². The van der Waals surface area contributed by atoms with Crippen molar-refractivity contribution in [3.8, 4) is 0 Å². The molecule has 0 spiro atoms. The van der Waals surface area contributed by atoms with E-state index < -0.39 is 6.17 Å². The molecular weight excluding hydrogens is 180 g/mol.